The number of hydrogen-bond donors (Lipinski definition) is 1. The number of carbonyl (C=O) groups excluding carboxylic acids is 1. The molecule has 0 saturated heterocycles. The van der Waals surface area contributed by atoms with Gasteiger partial charge in [-0.3, -0.25) is 4.79 Å². The molecule has 0 fully saturated rings. The molecule has 0 aliphatic heterocycles. The zero-order valence-corrected chi connectivity index (χ0v) is 15.0. The van der Waals surface area contributed by atoms with Crippen molar-refractivity contribution in [3.63, 3.8) is 0 Å². The molecule has 0 aliphatic rings. The Hall–Kier alpha value is -0.600. The summed E-state index contributed by atoms with van der Waals surface area (Å²) in [7, 11) is 1.51. The van der Waals surface area contributed by atoms with E-state index in [1.165, 1.54) is 0 Å². The predicted octanol–water partition coefficient (Wildman–Crippen LogP) is 4.02. The predicted molar refractivity (Wildman–Crippen MR) is 87.7 cm³/mol. The Kier molecular flexibility index (Phi) is 5.32. The zero-order valence-electron chi connectivity index (χ0n) is 10.3. The number of nitrogens with one attached hydrogen (secondary N) is 1. The minimum Gasteiger partial charge on any atom is -0.347 e. The van der Waals surface area contributed by atoms with Crippen LogP contribution in [0.5, 0.6) is 0 Å². The summed E-state index contributed by atoms with van der Waals surface area (Å²) >= 11 is 9.88. The summed E-state index contributed by atoms with van der Waals surface area (Å²) in [5.41, 5.74) is 0.472. The highest BCUT2D eigenvalue weighted by Gasteiger charge is 2.19. The van der Waals surface area contributed by atoms with Crippen molar-refractivity contribution in [2.45, 2.75) is 10.8 Å². The first-order chi connectivity index (χ1) is 9.77. The maximum Gasteiger partial charge on any atom is 0.271 e. The molecule has 2 aromatic rings. The number of halogens is 3. The number of hydrogen-bond acceptors (Lipinski definition) is 4. The fraction of sp³-hybridized carbons (Fsp3) is 0.0833. The lowest BCUT2D eigenvalue weighted by Gasteiger charge is -2.03. The smallest absolute Gasteiger partial charge is 0.271 e. The van der Waals surface area contributed by atoms with Crippen LogP contribution in [0.3, 0.4) is 0 Å². The molecule has 2 rings (SSSR count). The summed E-state index contributed by atoms with van der Waals surface area (Å²) in [6, 6.07) is 8.07. The van der Waals surface area contributed by atoms with Crippen LogP contribution in [0.1, 0.15) is 15.2 Å². The van der Waals surface area contributed by atoms with Crippen molar-refractivity contribution in [2.24, 2.45) is 0 Å². The molecule has 1 amide bonds. The summed E-state index contributed by atoms with van der Waals surface area (Å²) in [6.45, 7) is 0.205. The van der Waals surface area contributed by atoms with E-state index in [2.05, 4.69) is 21.2 Å². The normalized spacial score (nSPS) is 11.4. The Bertz CT molecular complexity index is 772. The molecule has 0 radical (unpaired) electrons. The lowest BCUT2D eigenvalue weighted by atomic mass is 10.2. The van der Waals surface area contributed by atoms with Crippen LogP contribution in [0.4, 0.5) is 0 Å². The molecule has 0 aliphatic carbocycles. The van der Waals surface area contributed by atoms with E-state index in [0.29, 0.717) is 19.9 Å². The van der Waals surface area contributed by atoms with Crippen LogP contribution in [0, 0.1) is 0 Å². The third-order valence-electron chi connectivity index (χ3n) is 2.46. The van der Waals surface area contributed by atoms with Gasteiger partial charge >= 0.3 is 0 Å². The third kappa shape index (κ3) is 4.43. The summed E-state index contributed by atoms with van der Waals surface area (Å²) in [4.78, 5) is 12.6. The van der Waals surface area contributed by atoms with E-state index < -0.39 is 9.05 Å². The van der Waals surface area contributed by atoms with Gasteiger partial charge in [-0.15, -0.1) is 11.3 Å². The molecule has 4 nitrogen and oxygen atoms in total. The Morgan fingerprint density at radius 1 is 1.29 bits per heavy atom. The Balaban J connectivity index is 2.07. The second kappa shape index (κ2) is 6.66. The topological polar surface area (TPSA) is 63.2 Å². The Morgan fingerprint density at radius 2 is 1.90 bits per heavy atom. The maximum atomic E-state index is 11.9. The zero-order chi connectivity index (χ0) is 15.6. The average Bonchev–Trinajstić information content (AvgIpc) is 2.78. The van der Waals surface area contributed by atoms with Gasteiger partial charge in [0, 0.05) is 30.6 Å². The van der Waals surface area contributed by atoms with E-state index >= 15 is 0 Å². The van der Waals surface area contributed by atoms with E-state index in [1.54, 1.807) is 30.3 Å². The highest BCUT2D eigenvalue weighted by molar-refractivity contribution is 9.10. The molecule has 0 atom stereocenters. The van der Waals surface area contributed by atoms with E-state index in [1.807, 2.05) is 0 Å². The van der Waals surface area contributed by atoms with Crippen molar-refractivity contribution in [1.82, 2.24) is 5.32 Å². The molecule has 0 unspecified atom stereocenters. The largest absolute Gasteiger partial charge is 0.347 e. The highest BCUT2D eigenvalue weighted by atomic mass is 79.9. The first kappa shape index (κ1) is 16.8. The molecule has 21 heavy (non-hydrogen) atoms. The molecule has 1 aromatic heterocycles. The van der Waals surface area contributed by atoms with Crippen LogP contribution in [0.25, 0.3) is 0 Å². The van der Waals surface area contributed by atoms with Crippen molar-refractivity contribution < 1.29 is 13.2 Å². The standard InChI is InChI=1S/C12H8BrCl2NO3S2/c13-10-5-9(20-12(10)21(15,18)19)6-16-11(17)7-1-3-8(14)4-2-7/h1-5H,6H2,(H,16,17). The average molecular weight is 429 g/mol. The maximum absolute atomic E-state index is 11.9. The minimum absolute atomic E-state index is 0.0277. The monoisotopic (exact) mass is 427 g/mol. The second-order valence-electron chi connectivity index (χ2n) is 3.98. The first-order valence-corrected chi connectivity index (χ1v) is 9.83. The molecule has 112 valence electrons. The van der Waals surface area contributed by atoms with Crippen molar-refractivity contribution in [3.8, 4) is 0 Å². The number of carbonyl (C=O) groups is 1. The summed E-state index contributed by atoms with van der Waals surface area (Å²) in [5.74, 6) is -0.272. The van der Waals surface area contributed by atoms with Crippen LogP contribution in [0.15, 0.2) is 39.0 Å². The second-order valence-corrected chi connectivity index (χ2v) is 9.16. The van der Waals surface area contributed by atoms with E-state index in [-0.39, 0.29) is 16.7 Å². The van der Waals surface area contributed by atoms with Gasteiger partial charge in [-0.25, -0.2) is 8.42 Å². The number of rotatable bonds is 4. The summed E-state index contributed by atoms with van der Waals surface area (Å²) in [5, 5.41) is 3.24. The quantitative estimate of drug-likeness (QED) is 0.748. The van der Waals surface area contributed by atoms with Gasteiger partial charge in [-0.2, -0.15) is 0 Å². The fourth-order valence-electron chi connectivity index (χ4n) is 1.52. The summed E-state index contributed by atoms with van der Waals surface area (Å²) in [6.07, 6.45) is 0. The van der Waals surface area contributed by atoms with Crippen LogP contribution in [-0.2, 0) is 15.6 Å². The summed E-state index contributed by atoms with van der Waals surface area (Å²) < 4.78 is 23.0. The van der Waals surface area contributed by atoms with Gasteiger partial charge in [0.25, 0.3) is 15.0 Å². The minimum atomic E-state index is -3.79. The van der Waals surface area contributed by atoms with Crippen LogP contribution >= 0.6 is 49.6 Å². The van der Waals surface area contributed by atoms with Gasteiger partial charge in [0.15, 0.2) is 0 Å². The molecule has 0 spiro atoms. The highest BCUT2D eigenvalue weighted by Crippen LogP contribution is 2.33. The molecule has 1 aromatic carbocycles. The molecular formula is C12H8BrCl2NO3S2. The number of benzene rings is 1. The van der Waals surface area contributed by atoms with E-state index in [4.69, 9.17) is 22.3 Å². The van der Waals surface area contributed by atoms with Crippen molar-refractivity contribution >= 4 is 64.5 Å². The Labute approximate surface area is 143 Å². The van der Waals surface area contributed by atoms with E-state index in [9.17, 15) is 13.2 Å². The van der Waals surface area contributed by atoms with E-state index in [0.717, 1.165) is 11.3 Å². The molecule has 0 saturated carbocycles. The van der Waals surface area contributed by atoms with Gasteiger partial charge in [0.1, 0.15) is 4.21 Å². The molecule has 9 heteroatoms. The van der Waals surface area contributed by atoms with Crippen LogP contribution < -0.4 is 5.32 Å². The van der Waals surface area contributed by atoms with Crippen molar-refractivity contribution in [3.05, 3.63) is 50.3 Å². The molecule has 1 N–H and O–H groups in total. The van der Waals surface area contributed by atoms with Crippen molar-refractivity contribution in [2.75, 3.05) is 0 Å². The van der Waals surface area contributed by atoms with Crippen LogP contribution in [-0.4, -0.2) is 14.3 Å². The number of thiophene rings is 1. The lowest BCUT2D eigenvalue weighted by Crippen LogP contribution is -2.22. The van der Waals surface area contributed by atoms with Crippen molar-refractivity contribution in [1.29, 1.82) is 0 Å². The van der Waals surface area contributed by atoms with Gasteiger partial charge in [0.2, 0.25) is 0 Å². The van der Waals surface area contributed by atoms with Gasteiger partial charge in [-0.05, 0) is 46.3 Å². The first-order valence-electron chi connectivity index (χ1n) is 5.54. The molecule has 0 bridgehead atoms. The Morgan fingerprint density at radius 3 is 2.43 bits per heavy atom. The molecule has 1 heterocycles. The lowest BCUT2D eigenvalue weighted by molar-refractivity contribution is 0.0951. The van der Waals surface area contributed by atoms with Gasteiger partial charge in [-0.1, -0.05) is 11.6 Å². The molecular weight excluding hydrogens is 421 g/mol. The number of amides is 1. The van der Waals surface area contributed by atoms with Gasteiger partial charge < -0.3 is 5.32 Å². The third-order valence-corrected chi connectivity index (χ3v) is 7.10. The van der Waals surface area contributed by atoms with Gasteiger partial charge in [0.05, 0.1) is 6.54 Å². The SMILES string of the molecule is O=C(NCc1cc(Br)c(S(=O)(=O)Cl)s1)c1ccc(Cl)cc1. The fourth-order valence-corrected chi connectivity index (χ4v) is 5.50. The van der Waals surface area contributed by atoms with Crippen LogP contribution in [0.2, 0.25) is 5.02 Å².